The van der Waals surface area contributed by atoms with Crippen LogP contribution in [0, 0.1) is 6.92 Å². The molecule has 0 bridgehead atoms. The molecule has 2 heterocycles. The Labute approximate surface area is 246 Å². The summed E-state index contributed by atoms with van der Waals surface area (Å²) in [6, 6.07) is 27.4. The Balaban J connectivity index is 1.29. The first-order chi connectivity index (χ1) is 20.4. The van der Waals surface area contributed by atoms with Gasteiger partial charge in [-0.2, -0.15) is 0 Å². The molecule has 0 radical (unpaired) electrons. The Morgan fingerprint density at radius 3 is 2.24 bits per heavy atom. The van der Waals surface area contributed by atoms with Gasteiger partial charge in [0.05, 0.1) is 11.4 Å². The van der Waals surface area contributed by atoms with Crippen LogP contribution in [0.3, 0.4) is 0 Å². The zero-order valence-electron chi connectivity index (χ0n) is 24.1. The van der Waals surface area contributed by atoms with E-state index in [0.717, 1.165) is 55.9 Å². The molecule has 3 aromatic carbocycles. The van der Waals surface area contributed by atoms with E-state index < -0.39 is 5.41 Å². The lowest BCUT2D eigenvalue weighted by Gasteiger charge is -2.23. The standard InChI is InChI=1S/C39H32N2O/c1-27-40-34(28-14-12-23-38(2,24-21-28)30-15-5-4-6-16-30)25-35(41-27)29-13-9-10-22-39(3,26-29)33-19-11-18-32-31-17-7-8-20-36(31)42-37(32)33/h4-26H,1-3H3. The minimum Gasteiger partial charge on any atom is -0.456 e. The fourth-order valence-electron chi connectivity index (χ4n) is 6.08. The second-order valence-electron chi connectivity index (χ2n) is 11.5. The summed E-state index contributed by atoms with van der Waals surface area (Å²) in [6.07, 6.45) is 21.8. The van der Waals surface area contributed by atoms with E-state index >= 15 is 0 Å². The zero-order chi connectivity index (χ0) is 28.7. The molecule has 7 rings (SSSR count). The molecule has 204 valence electrons. The van der Waals surface area contributed by atoms with Crippen LogP contribution < -0.4 is 0 Å². The number of rotatable bonds is 4. The highest BCUT2D eigenvalue weighted by Crippen LogP contribution is 2.40. The van der Waals surface area contributed by atoms with Crippen LogP contribution in [0.15, 0.2) is 144 Å². The van der Waals surface area contributed by atoms with Crippen LogP contribution in [0.4, 0.5) is 0 Å². The van der Waals surface area contributed by atoms with E-state index in [9.17, 15) is 0 Å². The molecule has 2 aliphatic rings. The number of fused-ring (bicyclic) bond motifs is 3. The predicted molar refractivity (Wildman–Crippen MR) is 174 cm³/mol. The van der Waals surface area contributed by atoms with E-state index in [2.05, 4.69) is 141 Å². The second kappa shape index (κ2) is 10.1. The van der Waals surface area contributed by atoms with Crippen molar-refractivity contribution in [1.82, 2.24) is 9.97 Å². The van der Waals surface area contributed by atoms with E-state index in [1.807, 2.05) is 19.1 Å². The minimum absolute atomic E-state index is 0.192. The van der Waals surface area contributed by atoms with Crippen LogP contribution in [0.5, 0.6) is 0 Å². The number of allylic oxidation sites excluding steroid dienone is 12. The highest BCUT2D eigenvalue weighted by molar-refractivity contribution is 6.06. The third-order valence-corrected chi connectivity index (χ3v) is 8.42. The summed E-state index contributed by atoms with van der Waals surface area (Å²) in [6.45, 7) is 6.44. The Morgan fingerprint density at radius 1 is 0.643 bits per heavy atom. The first kappa shape index (κ1) is 25.9. The summed E-state index contributed by atoms with van der Waals surface area (Å²) in [4.78, 5) is 9.75. The lowest BCUT2D eigenvalue weighted by molar-refractivity contribution is 0.646. The molecule has 42 heavy (non-hydrogen) atoms. The van der Waals surface area contributed by atoms with Gasteiger partial charge in [-0.05, 0) is 49.6 Å². The van der Waals surface area contributed by atoms with Gasteiger partial charge in [0, 0.05) is 27.2 Å². The molecule has 3 nitrogen and oxygen atoms in total. The third kappa shape index (κ3) is 4.57. The van der Waals surface area contributed by atoms with Crippen LogP contribution in [0.1, 0.15) is 42.2 Å². The quantitative estimate of drug-likeness (QED) is 0.226. The number of furan rings is 1. The normalized spacial score (nSPS) is 21.8. The minimum atomic E-state index is -0.410. The smallest absolute Gasteiger partial charge is 0.139 e. The van der Waals surface area contributed by atoms with E-state index in [0.29, 0.717) is 0 Å². The fourth-order valence-corrected chi connectivity index (χ4v) is 6.08. The third-order valence-electron chi connectivity index (χ3n) is 8.42. The van der Waals surface area contributed by atoms with Gasteiger partial charge in [0.2, 0.25) is 0 Å². The number of hydrogen-bond donors (Lipinski definition) is 0. The zero-order valence-corrected chi connectivity index (χ0v) is 24.1. The van der Waals surface area contributed by atoms with Gasteiger partial charge in [-0.3, -0.25) is 0 Å². The van der Waals surface area contributed by atoms with Gasteiger partial charge < -0.3 is 4.42 Å². The number of aryl methyl sites for hydroxylation is 1. The molecule has 0 aliphatic heterocycles. The average molecular weight is 545 g/mol. The summed E-state index contributed by atoms with van der Waals surface area (Å²) in [5, 5.41) is 2.27. The van der Waals surface area contributed by atoms with Crippen LogP contribution in [0.2, 0.25) is 0 Å². The van der Waals surface area contributed by atoms with Crippen molar-refractivity contribution in [2.24, 2.45) is 0 Å². The molecule has 0 saturated heterocycles. The van der Waals surface area contributed by atoms with Crippen molar-refractivity contribution in [2.75, 3.05) is 0 Å². The van der Waals surface area contributed by atoms with Crippen LogP contribution in [-0.2, 0) is 10.8 Å². The molecule has 2 atom stereocenters. The number of nitrogens with zero attached hydrogens (tertiary/aromatic N) is 2. The first-order valence-electron chi connectivity index (χ1n) is 14.4. The number of benzene rings is 3. The fraction of sp³-hybridized carbons (Fsp3) is 0.128. The molecule has 5 aromatic rings. The molecule has 2 aliphatic carbocycles. The maximum absolute atomic E-state index is 6.43. The molecule has 0 saturated carbocycles. The van der Waals surface area contributed by atoms with Gasteiger partial charge in [0.15, 0.2) is 0 Å². The molecular formula is C39H32N2O. The number of hydrogen-bond acceptors (Lipinski definition) is 3. The Hall–Kier alpha value is -5.02. The van der Waals surface area contributed by atoms with Crippen molar-refractivity contribution >= 4 is 33.1 Å². The summed E-state index contributed by atoms with van der Waals surface area (Å²) in [5.74, 6) is 0.739. The lowest BCUT2D eigenvalue weighted by atomic mass is 9.80. The molecule has 0 amide bonds. The first-order valence-corrected chi connectivity index (χ1v) is 14.4. The van der Waals surface area contributed by atoms with Crippen molar-refractivity contribution in [2.45, 2.75) is 31.6 Å². The summed E-state index contributed by atoms with van der Waals surface area (Å²) in [5.41, 5.74) is 7.51. The Kier molecular flexibility index (Phi) is 6.24. The van der Waals surface area contributed by atoms with Crippen molar-refractivity contribution in [3.8, 4) is 0 Å². The van der Waals surface area contributed by atoms with Crippen molar-refractivity contribution in [3.05, 3.63) is 168 Å². The van der Waals surface area contributed by atoms with Crippen LogP contribution in [-0.4, -0.2) is 9.97 Å². The van der Waals surface area contributed by atoms with Crippen molar-refractivity contribution in [3.63, 3.8) is 0 Å². The maximum Gasteiger partial charge on any atom is 0.139 e. The molecule has 2 aromatic heterocycles. The van der Waals surface area contributed by atoms with Gasteiger partial charge in [-0.1, -0.05) is 127 Å². The van der Waals surface area contributed by atoms with Crippen molar-refractivity contribution in [1.29, 1.82) is 0 Å². The van der Waals surface area contributed by atoms with Gasteiger partial charge in [-0.25, -0.2) is 9.97 Å². The van der Waals surface area contributed by atoms with Crippen LogP contribution in [0.25, 0.3) is 33.1 Å². The summed E-state index contributed by atoms with van der Waals surface area (Å²) < 4.78 is 6.43. The average Bonchev–Trinajstić information content (AvgIpc) is 3.11. The highest BCUT2D eigenvalue weighted by atomic mass is 16.3. The van der Waals surface area contributed by atoms with Gasteiger partial charge >= 0.3 is 0 Å². The molecule has 0 fully saturated rings. The Morgan fingerprint density at radius 2 is 1.38 bits per heavy atom. The summed E-state index contributed by atoms with van der Waals surface area (Å²) in [7, 11) is 0. The number of para-hydroxylation sites is 2. The Bertz CT molecular complexity index is 2020. The van der Waals surface area contributed by atoms with Gasteiger partial charge in [0.25, 0.3) is 0 Å². The molecule has 0 N–H and O–H groups in total. The largest absolute Gasteiger partial charge is 0.456 e. The lowest BCUT2D eigenvalue weighted by Crippen LogP contribution is -2.16. The molecule has 0 spiro atoms. The molecule has 3 heteroatoms. The monoisotopic (exact) mass is 544 g/mol. The topological polar surface area (TPSA) is 38.9 Å². The SMILES string of the molecule is Cc1nc(C2=CC=CC(C)(c3ccccc3)C=C2)cc(C2=CC(C)(c3cccc4c3oc3ccccc34)C=CC=C2)n1. The number of aromatic nitrogens is 2. The molecular weight excluding hydrogens is 512 g/mol. The second-order valence-corrected chi connectivity index (χ2v) is 11.5. The van der Waals surface area contributed by atoms with Gasteiger partial charge in [-0.15, -0.1) is 0 Å². The van der Waals surface area contributed by atoms with E-state index in [4.69, 9.17) is 14.4 Å². The van der Waals surface area contributed by atoms with E-state index in [1.54, 1.807) is 0 Å². The summed E-state index contributed by atoms with van der Waals surface area (Å²) >= 11 is 0. The van der Waals surface area contributed by atoms with Gasteiger partial charge in [0.1, 0.15) is 17.0 Å². The maximum atomic E-state index is 6.43. The van der Waals surface area contributed by atoms with Crippen molar-refractivity contribution < 1.29 is 4.42 Å². The molecule has 2 unspecified atom stereocenters. The van der Waals surface area contributed by atoms with Crippen LogP contribution >= 0.6 is 0 Å². The predicted octanol–water partition coefficient (Wildman–Crippen LogP) is 9.62. The van der Waals surface area contributed by atoms with E-state index in [-0.39, 0.29) is 5.41 Å². The highest BCUT2D eigenvalue weighted by Gasteiger charge is 2.28. The van der Waals surface area contributed by atoms with E-state index in [1.165, 1.54) is 5.56 Å².